The van der Waals surface area contributed by atoms with Gasteiger partial charge in [0, 0.05) is 58.0 Å². The molecule has 0 radical (unpaired) electrons. The predicted octanol–water partition coefficient (Wildman–Crippen LogP) is 2.77. The van der Waals surface area contributed by atoms with Gasteiger partial charge in [-0.2, -0.15) is 0 Å². The summed E-state index contributed by atoms with van der Waals surface area (Å²) in [5.74, 6) is 1.04. The fourth-order valence-electron chi connectivity index (χ4n) is 4.63. The van der Waals surface area contributed by atoms with Gasteiger partial charge in [0.05, 0.1) is 6.26 Å². The number of amides is 2. The summed E-state index contributed by atoms with van der Waals surface area (Å²) in [6, 6.07) is 12.4. The summed E-state index contributed by atoms with van der Waals surface area (Å²) >= 11 is 0. The molecule has 1 aromatic carbocycles. The molecule has 160 valence electrons. The van der Waals surface area contributed by atoms with Gasteiger partial charge < -0.3 is 14.6 Å². The molecule has 1 fully saturated rings. The van der Waals surface area contributed by atoms with Gasteiger partial charge in [0.15, 0.2) is 0 Å². The average molecular weight is 410 g/mol. The minimum atomic E-state index is -0.373. The standard InChI is InChI=1S/C24H31N3O3/c1-26(14-15-27-13-10-19-5-2-3-6-20(19)18-27)23(29)9-12-24(11-8-22(28)25-24)17-21-7-4-16-30-21/h2-7,16H,8-15,17-18H2,1H3,(H,25,28). The summed E-state index contributed by atoms with van der Waals surface area (Å²) in [4.78, 5) is 28.9. The topological polar surface area (TPSA) is 65.8 Å². The van der Waals surface area contributed by atoms with E-state index < -0.39 is 0 Å². The molecule has 1 aromatic heterocycles. The molecule has 4 rings (SSSR count). The zero-order valence-electron chi connectivity index (χ0n) is 17.7. The van der Waals surface area contributed by atoms with Crippen molar-refractivity contribution in [2.24, 2.45) is 0 Å². The van der Waals surface area contributed by atoms with Crippen molar-refractivity contribution < 1.29 is 14.0 Å². The van der Waals surface area contributed by atoms with Crippen LogP contribution in [-0.2, 0) is 29.0 Å². The van der Waals surface area contributed by atoms with Crippen LogP contribution in [0, 0.1) is 0 Å². The quantitative estimate of drug-likeness (QED) is 0.728. The molecule has 0 aliphatic carbocycles. The lowest BCUT2D eigenvalue weighted by atomic mass is 9.87. The Labute approximate surface area is 178 Å². The van der Waals surface area contributed by atoms with Crippen molar-refractivity contribution in [3.63, 3.8) is 0 Å². The molecular formula is C24H31N3O3. The first-order chi connectivity index (χ1) is 14.5. The van der Waals surface area contributed by atoms with Crippen molar-refractivity contribution in [2.75, 3.05) is 26.7 Å². The molecule has 1 atom stereocenters. The van der Waals surface area contributed by atoms with Gasteiger partial charge in [-0.15, -0.1) is 0 Å². The summed E-state index contributed by atoms with van der Waals surface area (Å²) < 4.78 is 5.49. The molecule has 2 aromatic rings. The second kappa shape index (κ2) is 9.04. The number of likely N-dealkylation sites (N-methyl/N-ethyl adjacent to an activating group) is 1. The number of rotatable bonds is 8. The smallest absolute Gasteiger partial charge is 0.222 e. The second-order valence-electron chi connectivity index (χ2n) is 8.69. The van der Waals surface area contributed by atoms with Crippen LogP contribution < -0.4 is 5.32 Å². The minimum Gasteiger partial charge on any atom is -0.469 e. The van der Waals surface area contributed by atoms with Crippen LogP contribution in [0.3, 0.4) is 0 Å². The third-order valence-corrected chi connectivity index (χ3v) is 6.53. The highest BCUT2D eigenvalue weighted by Crippen LogP contribution is 2.30. The number of nitrogens with zero attached hydrogens (tertiary/aromatic N) is 2. The fourth-order valence-corrected chi connectivity index (χ4v) is 4.63. The van der Waals surface area contributed by atoms with E-state index in [1.54, 1.807) is 6.26 Å². The van der Waals surface area contributed by atoms with Gasteiger partial charge in [-0.1, -0.05) is 24.3 Å². The maximum Gasteiger partial charge on any atom is 0.222 e. The van der Waals surface area contributed by atoms with Crippen LogP contribution in [0.1, 0.15) is 42.6 Å². The van der Waals surface area contributed by atoms with E-state index >= 15 is 0 Å². The Hall–Kier alpha value is -2.60. The molecule has 2 amide bonds. The molecule has 2 aliphatic rings. The van der Waals surface area contributed by atoms with Crippen LogP contribution in [0.25, 0.3) is 0 Å². The van der Waals surface area contributed by atoms with E-state index in [4.69, 9.17) is 4.42 Å². The van der Waals surface area contributed by atoms with Crippen molar-refractivity contribution >= 4 is 11.8 Å². The second-order valence-corrected chi connectivity index (χ2v) is 8.69. The number of nitrogens with one attached hydrogen (secondary N) is 1. The van der Waals surface area contributed by atoms with Gasteiger partial charge in [-0.05, 0) is 42.5 Å². The van der Waals surface area contributed by atoms with Gasteiger partial charge in [0.25, 0.3) is 0 Å². The van der Waals surface area contributed by atoms with E-state index in [1.807, 2.05) is 24.1 Å². The zero-order valence-corrected chi connectivity index (χ0v) is 17.7. The third-order valence-electron chi connectivity index (χ3n) is 6.53. The molecule has 30 heavy (non-hydrogen) atoms. The van der Waals surface area contributed by atoms with Crippen LogP contribution in [-0.4, -0.2) is 53.8 Å². The maximum atomic E-state index is 12.8. The monoisotopic (exact) mass is 409 g/mol. The zero-order chi connectivity index (χ0) is 21.0. The Morgan fingerprint density at radius 3 is 2.77 bits per heavy atom. The van der Waals surface area contributed by atoms with E-state index in [1.165, 1.54) is 11.1 Å². The number of carbonyl (C=O) groups excluding carboxylic acids is 2. The maximum absolute atomic E-state index is 12.8. The number of furan rings is 1. The predicted molar refractivity (Wildman–Crippen MR) is 115 cm³/mol. The Balaban J connectivity index is 1.26. The molecule has 1 saturated heterocycles. The van der Waals surface area contributed by atoms with Crippen LogP contribution in [0.5, 0.6) is 0 Å². The molecule has 0 saturated carbocycles. The molecule has 6 heteroatoms. The summed E-state index contributed by atoms with van der Waals surface area (Å²) in [5, 5.41) is 3.12. The number of hydrogen-bond donors (Lipinski definition) is 1. The molecule has 3 heterocycles. The lowest BCUT2D eigenvalue weighted by Gasteiger charge is -2.31. The normalized spacial score (nSPS) is 21.3. The Morgan fingerprint density at radius 1 is 1.20 bits per heavy atom. The van der Waals surface area contributed by atoms with E-state index in [0.717, 1.165) is 44.8 Å². The van der Waals surface area contributed by atoms with Crippen molar-refractivity contribution in [1.82, 2.24) is 15.1 Å². The molecule has 6 nitrogen and oxygen atoms in total. The first kappa shape index (κ1) is 20.7. The molecule has 1 N–H and O–H groups in total. The highest BCUT2D eigenvalue weighted by molar-refractivity contribution is 5.80. The Bertz CT molecular complexity index is 880. The minimum absolute atomic E-state index is 0.0627. The number of carbonyl (C=O) groups is 2. The van der Waals surface area contributed by atoms with Crippen molar-refractivity contribution in [3.05, 3.63) is 59.5 Å². The van der Waals surface area contributed by atoms with E-state index in [2.05, 4.69) is 34.5 Å². The number of benzene rings is 1. The Kier molecular flexibility index (Phi) is 6.23. The number of hydrogen-bond acceptors (Lipinski definition) is 4. The van der Waals surface area contributed by atoms with Crippen molar-refractivity contribution in [2.45, 2.75) is 50.6 Å². The van der Waals surface area contributed by atoms with Crippen molar-refractivity contribution in [1.29, 1.82) is 0 Å². The summed E-state index contributed by atoms with van der Waals surface area (Å²) in [6.45, 7) is 3.59. The van der Waals surface area contributed by atoms with Gasteiger partial charge in [-0.3, -0.25) is 14.5 Å². The lowest BCUT2D eigenvalue weighted by Crippen LogP contribution is -2.45. The first-order valence-electron chi connectivity index (χ1n) is 10.9. The summed E-state index contributed by atoms with van der Waals surface area (Å²) in [6.07, 6.45) is 5.69. The third kappa shape index (κ3) is 4.93. The van der Waals surface area contributed by atoms with Crippen LogP contribution in [0.2, 0.25) is 0 Å². The summed E-state index contributed by atoms with van der Waals surface area (Å²) in [7, 11) is 1.88. The van der Waals surface area contributed by atoms with Gasteiger partial charge in [-0.25, -0.2) is 0 Å². The SMILES string of the molecule is CN(CCN1CCc2ccccc2C1)C(=O)CCC1(Cc2ccco2)CCC(=O)N1. The molecule has 1 unspecified atom stereocenters. The largest absolute Gasteiger partial charge is 0.469 e. The first-order valence-corrected chi connectivity index (χ1v) is 10.9. The molecule has 2 aliphatic heterocycles. The average Bonchev–Trinajstić information content (AvgIpc) is 3.40. The number of fused-ring (bicyclic) bond motifs is 1. The van der Waals surface area contributed by atoms with Crippen LogP contribution >= 0.6 is 0 Å². The summed E-state index contributed by atoms with van der Waals surface area (Å²) in [5.41, 5.74) is 2.47. The van der Waals surface area contributed by atoms with Gasteiger partial charge in [0.2, 0.25) is 11.8 Å². The highest BCUT2D eigenvalue weighted by Gasteiger charge is 2.38. The van der Waals surface area contributed by atoms with E-state index in [0.29, 0.717) is 25.7 Å². The van der Waals surface area contributed by atoms with Crippen molar-refractivity contribution in [3.8, 4) is 0 Å². The molecule has 0 bridgehead atoms. The van der Waals surface area contributed by atoms with E-state index in [-0.39, 0.29) is 17.4 Å². The van der Waals surface area contributed by atoms with E-state index in [9.17, 15) is 9.59 Å². The molecular weight excluding hydrogens is 378 g/mol. The Morgan fingerprint density at radius 2 is 2.03 bits per heavy atom. The van der Waals surface area contributed by atoms with Gasteiger partial charge in [0.1, 0.15) is 5.76 Å². The van der Waals surface area contributed by atoms with Crippen LogP contribution in [0.4, 0.5) is 0 Å². The highest BCUT2D eigenvalue weighted by atomic mass is 16.3. The van der Waals surface area contributed by atoms with Gasteiger partial charge >= 0.3 is 0 Å². The lowest BCUT2D eigenvalue weighted by molar-refractivity contribution is -0.130. The van der Waals surface area contributed by atoms with Crippen LogP contribution in [0.15, 0.2) is 47.1 Å². The molecule has 0 spiro atoms. The fraction of sp³-hybridized carbons (Fsp3) is 0.500.